The molecule has 5 nitrogen and oxygen atoms in total. The lowest BCUT2D eigenvalue weighted by Gasteiger charge is -2.18. The van der Waals surface area contributed by atoms with E-state index in [1.165, 1.54) is 19.3 Å². The first-order valence-corrected chi connectivity index (χ1v) is 24.7. The summed E-state index contributed by atoms with van der Waals surface area (Å²) in [6, 6.07) is 0. The molecule has 0 aliphatic heterocycles. The fourth-order valence-corrected chi connectivity index (χ4v) is 6.09. The molecule has 0 aromatic rings. The lowest BCUT2D eigenvalue weighted by Crippen LogP contribution is -2.30. The zero-order valence-electron chi connectivity index (χ0n) is 39.8. The van der Waals surface area contributed by atoms with Gasteiger partial charge in [-0.2, -0.15) is 0 Å². The highest BCUT2D eigenvalue weighted by Crippen LogP contribution is 2.11. The zero-order valence-corrected chi connectivity index (χ0v) is 39.8. The Balaban J connectivity index is 4.44. The number of rotatable bonds is 43. The van der Waals surface area contributed by atoms with Crippen molar-refractivity contribution in [2.24, 2.45) is 0 Å². The molecule has 0 aliphatic rings. The SMILES string of the molecule is CC/C=C\C/C=C\C/C=C\C/C=C\CCCCCCCOCC(COC(=O)CCCC/C=C\C/C=C\C/C=C\C/C=C\CC)OC(=O)CCCCC/C=C\C/C=C\C/C=C\CC. The quantitative estimate of drug-likeness (QED) is 0.0347. The lowest BCUT2D eigenvalue weighted by atomic mass is 10.1. The van der Waals surface area contributed by atoms with Crippen LogP contribution in [0.4, 0.5) is 0 Å². The smallest absolute Gasteiger partial charge is 0.306 e. The average Bonchev–Trinajstić information content (AvgIpc) is 3.27. The van der Waals surface area contributed by atoms with Gasteiger partial charge in [-0.1, -0.05) is 180 Å². The first-order chi connectivity index (χ1) is 30.6. The number of hydrogen-bond donors (Lipinski definition) is 0. The van der Waals surface area contributed by atoms with Crippen molar-refractivity contribution in [2.45, 2.75) is 194 Å². The third-order valence-electron chi connectivity index (χ3n) is 9.66. The molecule has 0 saturated carbocycles. The van der Waals surface area contributed by atoms with Crippen LogP contribution < -0.4 is 0 Å². The van der Waals surface area contributed by atoms with Crippen LogP contribution in [-0.4, -0.2) is 37.9 Å². The number of ether oxygens (including phenoxy) is 3. The molecule has 0 aromatic heterocycles. The zero-order chi connectivity index (χ0) is 44.9. The summed E-state index contributed by atoms with van der Waals surface area (Å²) in [6.45, 7) is 7.34. The number of carbonyl (C=O) groups is 2. The van der Waals surface area contributed by atoms with Crippen molar-refractivity contribution >= 4 is 11.9 Å². The summed E-state index contributed by atoms with van der Waals surface area (Å²) in [5, 5.41) is 0. The minimum Gasteiger partial charge on any atom is -0.462 e. The predicted octanol–water partition coefficient (Wildman–Crippen LogP) is 16.8. The highest BCUT2D eigenvalue weighted by Gasteiger charge is 2.17. The van der Waals surface area contributed by atoms with Crippen LogP contribution in [-0.2, 0) is 23.8 Å². The minimum absolute atomic E-state index is 0.0346. The summed E-state index contributed by atoms with van der Waals surface area (Å²) in [5.74, 6) is -0.503. The van der Waals surface area contributed by atoms with Crippen LogP contribution in [0.15, 0.2) is 134 Å². The molecule has 0 radical (unpaired) electrons. The van der Waals surface area contributed by atoms with Gasteiger partial charge < -0.3 is 14.2 Å². The van der Waals surface area contributed by atoms with Crippen LogP contribution in [0, 0.1) is 0 Å². The largest absolute Gasteiger partial charge is 0.462 e. The molecule has 0 bridgehead atoms. The van der Waals surface area contributed by atoms with E-state index in [1.54, 1.807) is 0 Å². The Hall–Kier alpha value is -3.96. The fourth-order valence-electron chi connectivity index (χ4n) is 6.09. The van der Waals surface area contributed by atoms with Gasteiger partial charge in [-0.25, -0.2) is 0 Å². The molecule has 0 spiro atoms. The van der Waals surface area contributed by atoms with E-state index in [-0.39, 0.29) is 25.2 Å². The topological polar surface area (TPSA) is 61.8 Å². The normalized spacial score (nSPS) is 13.4. The van der Waals surface area contributed by atoms with Crippen LogP contribution in [0.25, 0.3) is 0 Å². The third-order valence-corrected chi connectivity index (χ3v) is 9.66. The Labute approximate surface area is 381 Å². The molecule has 0 N–H and O–H groups in total. The molecule has 0 saturated heterocycles. The molecular formula is C57H90O5. The number of esters is 2. The van der Waals surface area contributed by atoms with Crippen molar-refractivity contribution in [1.29, 1.82) is 0 Å². The van der Waals surface area contributed by atoms with Gasteiger partial charge in [0.25, 0.3) is 0 Å². The molecule has 1 unspecified atom stereocenters. The Morgan fingerprint density at radius 3 is 1.11 bits per heavy atom. The second-order valence-electron chi connectivity index (χ2n) is 15.6. The van der Waals surface area contributed by atoms with Crippen molar-refractivity contribution in [3.63, 3.8) is 0 Å². The molecule has 0 aliphatic carbocycles. The first kappa shape index (κ1) is 58.0. The maximum Gasteiger partial charge on any atom is 0.306 e. The van der Waals surface area contributed by atoms with Gasteiger partial charge >= 0.3 is 11.9 Å². The van der Waals surface area contributed by atoms with Gasteiger partial charge in [0.15, 0.2) is 6.10 Å². The van der Waals surface area contributed by atoms with Crippen LogP contribution >= 0.6 is 0 Å². The van der Waals surface area contributed by atoms with E-state index in [0.717, 1.165) is 135 Å². The van der Waals surface area contributed by atoms with Crippen molar-refractivity contribution in [2.75, 3.05) is 19.8 Å². The molecule has 0 rings (SSSR count). The molecule has 5 heteroatoms. The van der Waals surface area contributed by atoms with Gasteiger partial charge in [0.2, 0.25) is 0 Å². The Morgan fingerprint density at radius 2 is 0.677 bits per heavy atom. The summed E-state index contributed by atoms with van der Waals surface area (Å²) < 4.78 is 17.3. The lowest BCUT2D eigenvalue weighted by molar-refractivity contribution is -0.163. The molecule has 1 atom stereocenters. The van der Waals surface area contributed by atoms with E-state index >= 15 is 0 Å². The third kappa shape index (κ3) is 48.7. The Bertz CT molecular complexity index is 1330. The first-order valence-electron chi connectivity index (χ1n) is 24.7. The number of hydrogen-bond acceptors (Lipinski definition) is 5. The van der Waals surface area contributed by atoms with Gasteiger partial charge in [0.05, 0.1) is 6.61 Å². The van der Waals surface area contributed by atoms with E-state index in [2.05, 4.69) is 154 Å². The second-order valence-corrected chi connectivity index (χ2v) is 15.6. The Kier molecular flexibility index (Phi) is 48.1. The van der Waals surface area contributed by atoms with E-state index in [9.17, 15) is 9.59 Å². The molecule has 0 aromatic carbocycles. The summed E-state index contributed by atoms with van der Waals surface area (Å²) >= 11 is 0. The van der Waals surface area contributed by atoms with Crippen molar-refractivity contribution in [3.8, 4) is 0 Å². The Morgan fingerprint density at radius 1 is 0.355 bits per heavy atom. The minimum atomic E-state index is -0.588. The summed E-state index contributed by atoms with van der Waals surface area (Å²) in [6.07, 6.45) is 73.2. The maximum atomic E-state index is 12.8. The van der Waals surface area contributed by atoms with Crippen molar-refractivity contribution in [1.82, 2.24) is 0 Å². The molecule has 62 heavy (non-hydrogen) atoms. The van der Waals surface area contributed by atoms with E-state index in [4.69, 9.17) is 14.2 Å². The van der Waals surface area contributed by atoms with Crippen LogP contribution in [0.5, 0.6) is 0 Å². The van der Waals surface area contributed by atoms with Crippen LogP contribution in [0.2, 0.25) is 0 Å². The molecule has 348 valence electrons. The van der Waals surface area contributed by atoms with Crippen molar-refractivity contribution < 1.29 is 23.8 Å². The fraction of sp³-hybridized carbons (Fsp3) is 0.579. The van der Waals surface area contributed by atoms with E-state index in [1.807, 2.05) is 0 Å². The van der Waals surface area contributed by atoms with E-state index in [0.29, 0.717) is 19.4 Å². The highest BCUT2D eigenvalue weighted by atomic mass is 16.6. The van der Waals surface area contributed by atoms with Gasteiger partial charge in [-0.05, 0) is 128 Å². The number of unbranched alkanes of at least 4 members (excludes halogenated alkanes) is 10. The molecule has 0 fully saturated rings. The predicted molar refractivity (Wildman–Crippen MR) is 269 cm³/mol. The van der Waals surface area contributed by atoms with Gasteiger partial charge in [0.1, 0.15) is 6.61 Å². The summed E-state index contributed by atoms with van der Waals surface area (Å²) in [4.78, 5) is 25.3. The van der Waals surface area contributed by atoms with Crippen molar-refractivity contribution in [3.05, 3.63) is 134 Å². The highest BCUT2D eigenvalue weighted by molar-refractivity contribution is 5.70. The number of carbonyl (C=O) groups excluding carboxylic acids is 2. The monoisotopic (exact) mass is 855 g/mol. The molecular weight excluding hydrogens is 765 g/mol. The standard InChI is InChI=1S/C57H90O5/c1-4-7-10-13-16-19-22-25-27-28-29-31-34-37-40-43-46-49-52-60-53-55(62-57(59)51-48-45-42-39-36-32-24-21-18-15-12-9-6-3)54-61-56(58)50-47-44-41-38-35-33-30-26-23-20-17-14-11-8-5-2/h7-12,16-21,25-27,29-32,35-36,38,55H,4-6,13-15,22-24,28,33-34,37,39-54H2,1-3H3/b10-7-,11-8-,12-9-,19-16-,20-17-,21-18-,27-25-,30-26-,31-29-,36-32-,38-35-. The molecule has 0 amide bonds. The summed E-state index contributed by atoms with van der Waals surface area (Å²) in [5.41, 5.74) is 0. The van der Waals surface area contributed by atoms with Crippen LogP contribution in [0.1, 0.15) is 188 Å². The average molecular weight is 855 g/mol. The second kappa shape index (κ2) is 51.4. The van der Waals surface area contributed by atoms with Crippen LogP contribution in [0.3, 0.4) is 0 Å². The summed E-state index contributed by atoms with van der Waals surface area (Å²) in [7, 11) is 0. The van der Waals surface area contributed by atoms with Gasteiger partial charge in [-0.15, -0.1) is 0 Å². The maximum absolute atomic E-state index is 12.8. The van der Waals surface area contributed by atoms with Gasteiger partial charge in [-0.3, -0.25) is 9.59 Å². The number of allylic oxidation sites excluding steroid dienone is 22. The van der Waals surface area contributed by atoms with E-state index < -0.39 is 6.10 Å². The van der Waals surface area contributed by atoms with Gasteiger partial charge in [0, 0.05) is 19.4 Å². The molecule has 0 heterocycles.